The highest BCUT2D eigenvalue weighted by molar-refractivity contribution is 7.87. The van der Waals surface area contributed by atoms with Gasteiger partial charge >= 0.3 is 0 Å². The lowest BCUT2D eigenvalue weighted by Gasteiger charge is -2.28. The minimum Gasteiger partial charge on any atom is -0.298 e. The molecule has 2 nitrogen and oxygen atoms in total. The molecule has 1 aromatic carbocycles. The summed E-state index contributed by atoms with van der Waals surface area (Å²) in [6, 6.07) is 9.55. The van der Waals surface area contributed by atoms with Gasteiger partial charge in [-0.2, -0.15) is 0 Å². The van der Waals surface area contributed by atoms with E-state index in [1.807, 2.05) is 37.3 Å². The number of carbonyl (C=O) groups is 1. The minimum absolute atomic E-state index is 0.201. The summed E-state index contributed by atoms with van der Waals surface area (Å²) >= 11 is 0. The van der Waals surface area contributed by atoms with E-state index in [1.165, 1.54) is 51.4 Å². The highest BCUT2D eigenvalue weighted by Gasteiger charge is 2.38. The van der Waals surface area contributed by atoms with Gasteiger partial charge in [-0.3, -0.25) is 9.00 Å². The van der Waals surface area contributed by atoms with Crippen molar-refractivity contribution in [3.8, 4) is 0 Å². The van der Waals surface area contributed by atoms with Gasteiger partial charge in [0.05, 0.1) is 10.8 Å². The van der Waals surface area contributed by atoms with Crippen LogP contribution in [0.25, 0.3) is 0 Å². The number of hydrogen-bond acceptors (Lipinski definition) is 2. The Balaban J connectivity index is 2.05. The first kappa shape index (κ1) is 21.3. The molecule has 0 heterocycles. The summed E-state index contributed by atoms with van der Waals surface area (Å²) in [6.45, 7) is 1.95. The summed E-state index contributed by atoms with van der Waals surface area (Å²) in [7, 11) is -1.27. The van der Waals surface area contributed by atoms with Crippen LogP contribution in [0.1, 0.15) is 96.8 Å². The third-order valence-electron chi connectivity index (χ3n) is 5.76. The van der Waals surface area contributed by atoms with Crippen molar-refractivity contribution in [2.75, 3.05) is 0 Å². The number of benzene rings is 1. The molecule has 2 atom stereocenters. The molecule has 1 aliphatic rings. The normalized spacial score (nSPS) is 26.3. The molecule has 26 heavy (non-hydrogen) atoms. The van der Waals surface area contributed by atoms with Crippen LogP contribution in [-0.2, 0) is 15.6 Å². The first-order valence-corrected chi connectivity index (χ1v) is 11.8. The molecule has 0 spiro atoms. The Hall–Kier alpha value is -0.960. The molecular formula is C23H36O2S. The van der Waals surface area contributed by atoms with Gasteiger partial charge in [0.2, 0.25) is 0 Å². The van der Waals surface area contributed by atoms with Gasteiger partial charge in [-0.05, 0) is 31.9 Å². The minimum atomic E-state index is -1.27. The highest BCUT2D eigenvalue weighted by atomic mass is 32.2. The van der Waals surface area contributed by atoms with Crippen molar-refractivity contribution < 1.29 is 9.00 Å². The van der Waals surface area contributed by atoms with Crippen LogP contribution < -0.4 is 0 Å². The smallest absolute Gasteiger partial charge is 0.151 e. The molecule has 0 saturated heterocycles. The van der Waals surface area contributed by atoms with E-state index in [1.54, 1.807) is 0 Å². The summed E-state index contributed by atoms with van der Waals surface area (Å²) in [6.07, 6.45) is 16.0. The van der Waals surface area contributed by atoms with Gasteiger partial charge in [0, 0.05) is 11.3 Å². The largest absolute Gasteiger partial charge is 0.298 e. The molecule has 1 aliphatic carbocycles. The number of Topliss-reactive ketones (excluding diaryl/α,β-unsaturated/α-hetero) is 1. The van der Waals surface area contributed by atoms with Crippen LogP contribution in [-0.4, -0.2) is 14.7 Å². The summed E-state index contributed by atoms with van der Waals surface area (Å²) in [5.74, 6) is 0.201. The lowest BCUT2D eigenvalue weighted by Crippen LogP contribution is -2.40. The van der Waals surface area contributed by atoms with Crippen LogP contribution in [0.15, 0.2) is 35.2 Å². The molecule has 0 bridgehead atoms. The second-order valence-corrected chi connectivity index (χ2v) is 9.89. The van der Waals surface area contributed by atoms with Crippen molar-refractivity contribution in [3.63, 3.8) is 0 Å². The SMILES string of the molecule is CC1(S(=O)c2ccccc2)CCCCCCCCCCCCCCC1=O. The first-order valence-electron chi connectivity index (χ1n) is 10.6. The molecular weight excluding hydrogens is 340 g/mol. The van der Waals surface area contributed by atoms with Crippen LogP contribution in [0.5, 0.6) is 0 Å². The van der Waals surface area contributed by atoms with Crippen molar-refractivity contribution in [2.45, 2.75) is 106 Å². The first-order chi connectivity index (χ1) is 12.6. The van der Waals surface area contributed by atoms with Gasteiger partial charge < -0.3 is 0 Å². The molecule has 0 N–H and O–H groups in total. The van der Waals surface area contributed by atoms with Gasteiger partial charge in [-0.1, -0.05) is 88.8 Å². The van der Waals surface area contributed by atoms with Crippen LogP contribution in [0, 0.1) is 0 Å². The summed E-state index contributed by atoms with van der Waals surface area (Å²) < 4.78 is 12.5. The molecule has 2 unspecified atom stereocenters. The predicted molar refractivity (Wildman–Crippen MR) is 111 cm³/mol. The maximum atomic E-state index is 13.3. The zero-order valence-corrected chi connectivity index (χ0v) is 17.3. The standard InChI is InChI=1S/C23H36O2S/c1-23(26(25)21-17-13-12-14-18-21)20-16-11-9-7-5-3-2-4-6-8-10-15-19-22(23)24/h12-14,17-18H,2-11,15-16,19-20H2,1H3. The molecule has 0 aliphatic heterocycles. The number of hydrogen-bond donors (Lipinski definition) is 0. The van der Waals surface area contributed by atoms with Gasteiger partial charge in [-0.15, -0.1) is 0 Å². The van der Waals surface area contributed by atoms with Crippen molar-refractivity contribution in [1.29, 1.82) is 0 Å². The van der Waals surface area contributed by atoms with E-state index in [0.29, 0.717) is 6.42 Å². The summed E-state index contributed by atoms with van der Waals surface area (Å²) in [5, 5.41) is 0. The van der Waals surface area contributed by atoms with E-state index in [0.717, 1.165) is 37.0 Å². The molecule has 0 amide bonds. The van der Waals surface area contributed by atoms with E-state index < -0.39 is 15.5 Å². The molecule has 146 valence electrons. The number of carbonyl (C=O) groups excluding carboxylic acids is 1. The third kappa shape index (κ3) is 6.64. The topological polar surface area (TPSA) is 34.1 Å². The fourth-order valence-corrected chi connectivity index (χ4v) is 5.48. The number of rotatable bonds is 2. The molecule has 0 aromatic heterocycles. The summed E-state index contributed by atoms with van der Waals surface area (Å²) in [5.41, 5.74) is 0. The molecule has 0 radical (unpaired) electrons. The average Bonchev–Trinajstić information content (AvgIpc) is 2.67. The van der Waals surface area contributed by atoms with E-state index in [9.17, 15) is 9.00 Å². The Bertz CT molecular complexity index is 555. The fourth-order valence-electron chi connectivity index (χ4n) is 3.92. The van der Waals surface area contributed by atoms with E-state index in [-0.39, 0.29) is 5.78 Å². The lowest BCUT2D eigenvalue weighted by molar-refractivity contribution is -0.121. The van der Waals surface area contributed by atoms with Crippen LogP contribution >= 0.6 is 0 Å². The predicted octanol–water partition coefficient (Wildman–Crippen LogP) is 6.60. The van der Waals surface area contributed by atoms with Crippen LogP contribution in [0.3, 0.4) is 0 Å². The van der Waals surface area contributed by atoms with Gasteiger partial charge in [0.15, 0.2) is 5.78 Å². The maximum absolute atomic E-state index is 13.3. The fraction of sp³-hybridized carbons (Fsp3) is 0.696. The highest BCUT2D eigenvalue weighted by Crippen LogP contribution is 2.30. The molecule has 2 rings (SSSR count). The Morgan fingerprint density at radius 1 is 0.731 bits per heavy atom. The van der Waals surface area contributed by atoms with E-state index in [4.69, 9.17) is 0 Å². The monoisotopic (exact) mass is 376 g/mol. The Kier molecular flexibility index (Phi) is 9.60. The van der Waals surface area contributed by atoms with Crippen molar-refractivity contribution in [2.24, 2.45) is 0 Å². The van der Waals surface area contributed by atoms with Crippen molar-refractivity contribution in [3.05, 3.63) is 30.3 Å². The third-order valence-corrected chi connectivity index (χ3v) is 7.71. The Labute approximate surface area is 162 Å². The maximum Gasteiger partial charge on any atom is 0.151 e. The molecule has 1 fully saturated rings. The second-order valence-electron chi connectivity index (χ2n) is 7.98. The number of ketones is 1. The van der Waals surface area contributed by atoms with Gasteiger partial charge in [0.1, 0.15) is 4.75 Å². The summed E-state index contributed by atoms with van der Waals surface area (Å²) in [4.78, 5) is 13.8. The van der Waals surface area contributed by atoms with Gasteiger partial charge in [-0.25, -0.2) is 0 Å². The van der Waals surface area contributed by atoms with Gasteiger partial charge in [0.25, 0.3) is 0 Å². The van der Waals surface area contributed by atoms with E-state index in [2.05, 4.69) is 0 Å². The average molecular weight is 377 g/mol. The molecule has 1 aromatic rings. The van der Waals surface area contributed by atoms with E-state index >= 15 is 0 Å². The van der Waals surface area contributed by atoms with Crippen LogP contribution in [0.4, 0.5) is 0 Å². The Morgan fingerprint density at radius 2 is 1.19 bits per heavy atom. The quantitative estimate of drug-likeness (QED) is 0.583. The Morgan fingerprint density at radius 3 is 1.73 bits per heavy atom. The van der Waals surface area contributed by atoms with Crippen molar-refractivity contribution in [1.82, 2.24) is 0 Å². The second kappa shape index (κ2) is 11.7. The van der Waals surface area contributed by atoms with Crippen LogP contribution in [0.2, 0.25) is 0 Å². The zero-order chi connectivity index (χ0) is 18.7. The molecule has 3 heteroatoms. The van der Waals surface area contributed by atoms with Crippen molar-refractivity contribution >= 4 is 16.6 Å². The lowest BCUT2D eigenvalue weighted by atomic mass is 9.93. The zero-order valence-electron chi connectivity index (χ0n) is 16.5. The molecule has 1 saturated carbocycles.